The second kappa shape index (κ2) is 14.2. The van der Waals surface area contributed by atoms with E-state index in [0.29, 0.717) is 12.8 Å². The zero-order chi connectivity index (χ0) is 30.1. The van der Waals surface area contributed by atoms with Gasteiger partial charge in [0.05, 0.1) is 17.7 Å². The Morgan fingerprint density at radius 1 is 0.825 bits per heavy atom. The van der Waals surface area contributed by atoms with Crippen molar-refractivity contribution in [2.45, 2.75) is 91.8 Å². The van der Waals surface area contributed by atoms with Gasteiger partial charge in [0.1, 0.15) is 6.10 Å². The highest BCUT2D eigenvalue weighted by molar-refractivity contribution is 5.70. The maximum Gasteiger partial charge on any atom is 0.408 e. The van der Waals surface area contributed by atoms with Crippen LogP contribution in [0.3, 0.4) is 0 Å². The smallest absolute Gasteiger partial charge is 0.408 e. The van der Waals surface area contributed by atoms with Crippen molar-refractivity contribution < 1.29 is 19.1 Å². The molecule has 0 spiro atoms. The number of rotatable bonds is 13. The molecule has 2 aromatic rings. The van der Waals surface area contributed by atoms with Crippen LogP contribution in [-0.4, -0.2) is 24.9 Å². The van der Waals surface area contributed by atoms with Gasteiger partial charge in [-0.2, -0.15) is 0 Å². The largest absolute Gasteiger partial charge is 0.449 e. The molecule has 2 amide bonds. The third kappa shape index (κ3) is 9.29. The molecule has 218 valence electrons. The normalized spacial score (nSPS) is 13.1. The van der Waals surface area contributed by atoms with E-state index in [4.69, 9.17) is 9.47 Å². The molecule has 6 heteroatoms. The maximum absolute atomic E-state index is 13.0. The van der Waals surface area contributed by atoms with E-state index in [1.165, 1.54) is 0 Å². The van der Waals surface area contributed by atoms with Crippen LogP contribution in [0.4, 0.5) is 9.59 Å². The molecule has 0 aliphatic heterocycles. The van der Waals surface area contributed by atoms with E-state index in [2.05, 4.69) is 23.8 Å². The fourth-order valence-corrected chi connectivity index (χ4v) is 4.55. The first-order valence-electron chi connectivity index (χ1n) is 14.2. The Morgan fingerprint density at radius 2 is 1.30 bits per heavy atom. The van der Waals surface area contributed by atoms with E-state index in [-0.39, 0.29) is 18.6 Å². The molecular formula is C34H48N2O4. The van der Waals surface area contributed by atoms with Crippen LogP contribution in [0.1, 0.15) is 96.9 Å². The second-order valence-electron chi connectivity index (χ2n) is 11.7. The molecule has 0 aliphatic carbocycles. The lowest BCUT2D eigenvalue weighted by Crippen LogP contribution is -2.44. The van der Waals surface area contributed by atoms with E-state index in [1.807, 2.05) is 104 Å². The molecule has 2 atom stereocenters. The molecule has 0 radical (unpaired) electrons. The molecule has 0 bridgehead atoms. The summed E-state index contributed by atoms with van der Waals surface area (Å²) in [7, 11) is 0. The van der Waals surface area contributed by atoms with Crippen LogP contribution in [0.25, 0.3) is 11.1 Å². The van der Waals surface area contributed by atoms with Gasteiger partial charge in [-0.1, -0.05) is 81.0 Å². The number of benzene rings is 2. The number of alkyl carbamates (subject to hydrolysis) is 2. The quantitative estimate of drug-likeness (QED) is 0.263. The Morgan fingerprint density at radius 3 is 1.73 bits per heavy atom. The van der Waals surface area contributed by atoms with Gasteiger partial charge in [-0.15, -0.1) is 0 Å². The molecule has 6 nitrogen and oxygen atoms in total. The summed E-state index contributed by atoms with van der Waals surface area (Å²) in [6.07, 6.45) is 0.797. The third-order valence-corrected chi connectivity index (χ3v) is 7.29. The van der Waals surface area contributed by atoms with Crippen LogP contribution in [0, 0.1) is 5.92 Å². The van der Waals surface area contributed by atoms with Gasteiger partial charge in [-0.05, 0) is 88.8 Å². The van der Waals surface area contributed by atoms with Gasteiger partial charge in [0.25, 0.3) is 0 Å². The van der Waals surface area contributed by atoms with Gasteiger partial charge < -0.3 is 20.1 Å². The Hall–Kier alpha value is -3.54. The van der Waals surface area contributed by atoms with Crippen molar-refractivity contribution in [3.63, 3.8) is 0 Å². The minimum Gasteiger partial charge on any atom is -0.449 e. The Labute approximate surface area is 241 Å². The predicted octanol–water partition coefficient (Wildman–Crippen LogP) is 8.57. The number of allylic oxidation sites excluding steroid dienone is 2. The number of ether oxygens (including phenoxy) is 2. The van der Waals surface area contributed by atoms with Crippen LogP contribution in [0.2, 0.25) is 0 Å². The molecular weight excluding hydrogens is 500 g/mol. The first-order chi connectivity index (χ1) is 18.7. The standard InChI is InChI=1S/C34H48N2O4/c1-11-15-30(40-32(38)36-34(9,10)29-19-14-17-27(21-29)24(5)6)25(12-2)22-39-31(37)35-33(7,8)28-18-13-16-26(20-28)23(3)4/h13-14,16-21,25,30H,3,5,11-12,15,22H2,1-2,4,6-10H3,(H,35,37)(H,36,38). The molecule has 0 saturated carbocycles. The summed E-state index contributed by atoms with van der Waals surface area (Å²) >= 11 is 0. The highest BCUT2D eigenvalue weighted by atomic mass is 16.6. The molecule has 0 fully saturated rings. The average molecular weight is 549 g/mol. The molecule has 2 N–H and O–H groups in total. The van der Waals surface area contributed by atoms with Crippen molar-refractivity contribution in [1.82, 2.24) is 10.6 Å². The molecule has 40 heavy (non-hydrogen) atoms. The monoisotopic (exact) mass is 548 g/mol. The zero-order valence-electron chi connectivity index (χ0n) is 25.6. The Bertz CT molecular complexity index is 1200. The fraction of sp³-hybridized carbons (Fsp3) is 0.471. The van der Waals surface area contributed by atoms with Crippen molar-refractivity contribution in [2.75, 3.05) is 6.61 Å². The van der Waals surface area contributed by atoms with Gasteiger partial charge in [0.2, 0.25) is 0 Å². The third-order valence-electron chi connectivity index (χ3n) is 7.29. The van der Waals surface area contributed by atoms with Gasteiger partial charge in [-0.3, -0.25) is 0 Å². The lowest BCUT2D eigenvalue weighted by molar-refractivity contribution is 0.0212. The Kier molecular flexibility index (Phi) is 11.6. The lowest BCUT2D eigenvalue weighted by atomic mass is 9.92. The Balaban J connectivity index is 2.03. The number of nitrogens with one attached hydrogen (secondary N) is 2. The van der Waals surface area contributed by atoms with E-state index < -0.39 is 23.3 Å². The summed E-state index contributed by atoms with van der Waals surface area (Å²) in [5.74, 6) is -0.138. The molecule has 0 aliphatic rings. The van der Waals surface area contributed by atoms with Crippen LogP contribution in [0.5, 0.6) is 0 Å². The number of carbonyl (C=O) groups is 2. The molecule has 0 heterocycles. The van der Waals surface area contributed by atoms with Gasteiger partial charge in [0.15, 0.2) is 0 Å². The summed E-state index contributed by atoms with van der Waals surface area (Å²) < 4.78 is 11.6. The molecule has 0 saturated heterocycles. The van der Waals surface area contributed by atoms with E-state index in [1.54, 1.807) is 0 Å². The number of carbonyl (C=O) groups excluding carboxylic acids is 2. The minimum absolute atomic E-state index is 0.138. The van der Waals surface area contributed by atoms with Crippen LogP contribution >= 0.6 is 0 Å². The predicted molar refractivity (Wildman–Crippen MR) is 165 cm³/mol. The number of hydrogen-bond donors (Lipinski definition) is 2. The van der Waals surface area contributed by atoms with Gasteiger partial charge in [0, 0.05) is 5.92 Å². The summed E-state index contributed by atoms with van der Waals surface area (Å²) in [5.41, 5.74) is 4.59. The van der Waals surface area contributed by atoms with Gasteiger partial charge >= 0.3 is 12.2 Å². The van der Waals surface area contributed by atoms with Crippen LogP contribution in [0.15, 0.2) is 61.7 Å². The number of hydrogen-bond acceptors (Lipinski definition) is 4. The summed E-state index contributed by atoms with van der Waals surface area (Å²) in [4.78, 5) is 25.9. The molecule has 2 unspecified atom stereocenters. The zero-order valence-corrected chi connectivity index (χ0v) is 25.6. The number of amides is 2. The highest BCUT2D eigenvalue weighted by Gasteiger charge is 2.30. The van der Waals surface area contributed by atoms with Crippen LogP contribution < -0.4 is 10.6 Å². The summed E-state index contributed by atoms with van der Waals surface area (Å²) in [6.45, 7) is 23.9. The highest BCUT2D eigenvalue weighted by Crippen LogP contribution is 2.26. The second-order valence-corrected chi connectivity index (χ2v) is 11.7. The van der Waals surface area contributed by atoms with E-state index >= 15 is 0 Å². The van der Waals surface area contributed by atoms with Crippen molar-refractivity contribution >= 4 is 23.3 Å². The van der Waals surface area contributed by atoms with E-state index in [0.717, 1.165) is 39.8 Å². The van der Waals surface area contributed by atoms with E-state index in [9.17, 15) is 9.59 Å². The maximum atomic E-state index is 13.0. The molecule has 2 aromatic carbocycles. The average Bonchev–Trinajstić information content (AvgIpc) is 2.88. The van der Waals surface area contributed by atoms with Crippen molar-refractivity contribution in [3.05, 3.63) is 83.9 Å². The minimum atomic E-state index is -0.648. The topological polar surface area (TPSA) is 76.7 Å². The fourth-order valence-electron chi connectivity index (χ4n) is 4.55. The summed E-state index contributed by atoms with van der Waals surface area (Å²) in [5, 5.41) is 5.99. The van der Waals surface area contributed by atoms with Crippen LogP contribution in [-0.2, 0) is 20.6 Å². The van der Waals surface area contributed by atoms with Gasteiger partial charge in [-0.25, -0.2) is 9.59 Å². The van der Waals surface area contributed by atoms with Crippen molar-refractivity contribution in [1.29, 1.82) is 0 Å². The summed E-state index contributed by atoms with van der Waals surface area (Å²) in [6, 6.07) is 15.9. The van der Waals surface area contributed by atoms with Crippen molar-refractivity contribution in [3.8, 4) is 0 Å². The molecule has 0 aromatic heterocycles. The lowest BCUT2D eigenvalue weighted by Gasteiger charge is -2.31. The molecule has 2 rings (SSSR count). The SMILES string of the molecule is C=C(C)c1cccc(C(C)(C)NC(=O)OCC(CC)C(CCC)OC(=O)NC(C)(C)c2cccc(C(=C)C)c2)c1. The van der Waals surface area contributed by atoms with Crippen molar-refractivity contribution in [2.24, 2.45) is 5.92 Å². The first-order valence-corrected chi connectivity index (χ1v) is 14.2. The first kappa shape index (κ1) is 32.7.